The van der Waals surface area contributed by atoms with Crippen LogP contribution in [0.25, 0.3) is 0 Å². The molecule has 0 fully saturated rings. The third kappa shape index (κ3) is 6.03. The van der Waals surface area contributed by atoms with Crippen LogP contribution < -0.4 is 5.32 Å². The van der Waals surface area contributed by atoms with Gasteiger partial charge in [-0.3, -0.25) is 4.79 Å². The van der Waals surface area contributed by atoms with E-state index in [2.05, 4.69) is 11.6 Å². The third-order valence-corrected chi connectivity index (χ3v) is 3.26. The molecule has 0 saturated carbocycles. The summed E-state index contributed by atoms with van der Waals surface area (Å²) in [5.41, 5.74) is 0. The predicted octanol–water partition coefficient (Wildman–Crippen LogP) is 3.59. The molecular weight excluding hydrogens is 258 g/mol. The molecule has 17 heavy (non-hydrogen) atoms. The van der Waals surface area contributed by atoms with Gasteiger partial charge in [0.2, 0.25) is 0 Å². The maximum Gasteiger partial charge on any atom is 0.287 e. The molecule has 3 nitrogen and oxygen atoms in total. The molecule has 0 spiro atoms. The molecule has 0 aliphatic carbocycles. The summed E-state index contributed by atoms with van der Waals surface area (Å²) in [6, 6.07) is 3.15. The third-order valence-electron chi connectivity index (χ3n) is 2.36. The van der Waals surface area contributed by atoms with E-state index in [-0.39, 0.29) is 16.9 Å². The van der Waals surface area contributed by atoms with Crippen molar-refractivity contribution in [3.05, 3.63) is 23.1 Å². The maximum absolute atomic E-state index is 11.5. The molecule has 1 aromatic rings. The van der Waals surface area contributed by atoms with Crippen molar-refractivity contribution in [1.82, 2.24) is 5.32 Å². The summed E-state index contributed by atoms with van der Waals surface area (Å²) < 4.78 is 5.01. The van der Waals surface area contributed by atoms with Crippen LogP contribution in [-0.2, 0) is 0 Å². The number of nitrogens with one attached hydrogen (secondary N) is 1. The van der Waals surface area contributed by atoms with Gasteiger partial charge in [-0.2, -0.15) is 11.8 Å². The van der Waals surface area contributed by atoms with Crippen molar-refractivity contribution < 1.29 is 9.21 Å². The molecule has 1 amide bonds. The Morgan fingerprint density at radius 1 is 1.35 bits per heavy atom. The molecule has 0 unspecified atom stereocenters. The number of amides is 1. The Kier molecular flexibility index (Phi) is 7.21. The van der Waals surface area contributed by atoms with Gasteiger partial charge >= 0.3 is 0 Å². The molecule has 1 N–H and O–H groups in total. The van der Waals surface area contributed by atoms with Crippen LogP contribution in [0.3, 0.4) is 0 Å². The van der Waals surface area contributed by atoms with Crippen LogP contribution in [0.15, 0.2) is 16.5 Å². The Morgan fingerprint density at radius 2 is 2.12 bits per heavy atom. The lowest BCUT2D eigenvalue weighted by molar-refractivity contribution is 0.0925. The summed E-state index contributed by atoms with van der Waals surface area (Å²) in [5, 5.41) is 3.05. The molecule has 0 bridgehead atoms. The molecule has 0 radical (unpaired) electrons. The first kappa shape index (κ1) is 14.5. The summed E-state index contributed by atoms with van der Waals surface area (Å²) in [7, 11) is 0. The van der Waals surface area contributed by atoms with Crippen LogP contribution in [0, 0.1) is 0 Å². The second kappa shape index (κ2) is 8.48. The second-order valence-electron chi connectivity index (χ2n) is 3.77. The number of thioether (sulfide) groups is 1. The van der Waals surface area contributed by atoms with Gasteiger partial charge < -0.3 is 9.73 Å². The standard InChI is InChI=1S/C12H18ClNO2S/c1-17-9-5-3-2-4-8-14-12(15)10-6-7-11(13)16-10/h6-7H,2-5,8-9H2,1H3,(H,14,15). The zero-order valence-corrected chi connectivity index (χ0v) is 11.6. The Balaban J connectivity index is 2.05. The molecule has 1 heterocycles. The fraction of sp³-hybridized carbons (Fsp3) is 0.583. The molecular formula is C12H18ClNO2S. The van der Waals surface area contributed by atoms with E-state index in [1.807, 2.05) is 11.8 Å². The van der Waals surface area contributed by atoms with E-state index in [0.29, 0.717) is 6.54 Å². The highest BCUT2D eigenvalue weighted by molar-refractivity contribution is 7.98. The van der Waals surface area contributed by atoms with Crippen molar-refractivity contribution in [1.29, 1.82) is 0 Å². The minimum Gasteiger partial charge on any atom is -0.440 e. The van der Waals surface area contributed by atoms with Crippen molar-refractivity contribution in [2.24, 2.45) is 0 Å². The van der Waals surface area contributed by atoms with Gasteiger partial charge in [-0.1, -0.05) is 12.8 Å². The number of halogens is 1. The Bertz CT molecular complexity index is 341. The van der Waals surface area contributed by atoms with Crippen LogP contribution in [0.1, 0.15) is 36.2 Å². The van der Waals surface area contributed by atoms with Gasteiger partial charge in [-0.05, 0) is 48.6 Å². The Morgan fingerprint density at radius 3 is 2.76 bits per heavy atom. The summed E-state index contributed by atoms with van der Waals surface area (Å²) >= 11 is 7.46. The topological polar surface area (TPSA) is 42.2 Å². The van der Waals surface area contributed by atoms with E-state index in [0.717, 1.165) is 12.8 Å². The quantitative estimate of drug-likeness (QED) is 0.737. The van der Waals surface area contributed by atoms with Gasteiger partial charge in [-0.15, -0.1) is 0 Å². The molecule has 5 heteroatoms. The number of rotatable bonds is 8. The summed E-state index contributed by atoms with van der Waals surface area (Å²) in [6.07, 6.45) is 6.76. The molecule has 0 aliphatic heterocycles. The fourth-order valence-corrected chi connectivity index (χ4v) is 2.09. The van der Waals surface area contributed by atoms with Gasteiger partial charge in [0.25, 0.3) is 5.91 Å². The lowest BCUT2D eigenvalue weighted by Gasteiger charge is -2.03. The predicted molar refractivity (Wildman–Crippen MR) is 72.9 cm³/mol. The normalized spacial score (nSPS) is 10.5. The Labute approximate surface area is 111 Å². The van der Waals surface area contributed by atoms with E-state index in [4.69, 9.17) is 16.0 Å². The highest BCUT2D eigenvalue weighted by Crippen LogP contribution is 2.12. The maximum atomic E-state index is 11.5. The van der Waals surface area contributed by atoms with E-state index in [1.165, 1.54) is 18.6 Å². The van der Waals surface area contributed by atoms with E-state index >= 15 is 0 Å². The van der Waals surface area contributed by atoms with Gasteiger partial charge in [0.1, 0.15) is 0 Å². The summed E-state index contributed by atoms with van der Waals surface area (Å²) in [4.78, 5) is 11.5. The van der Waals surface area contributed by atoms with Crippen LogP contribution in [0.4, 0.5) is 0 Å². The number of carbonyl (C=O) groups excluding carboxylic acids is 1. The van der Waals surface area contributed by atoms with Gasteiger partial charge in [0, 0.05) is 6.54 Å². The summed E-state index contributed by atoms with van der Waals surface area (Å²) in [6.45, 7) is 0.691. The SMILES string of the molecule is CSCCCCCCNC(=O)c1ccc(Cl)o1. The number of unbranched alkanes of at least 4 members (excludes halogenated alkanes) is 3. The van der Waals surface area contributed by atoms with E-state index in [9.17, 15) is 4.79 Å². The zero-order valence-electron chi connectivity index (χ0n) is 10.0. The lowest BCUT2D eigenvalue weighted by atomic mass is 10.2. The molecule has 96 valence electrons. The van der Waals surface area contributed by atoms with Crippen molar-refractivity contribution >= 4 is 29.3 Å². The van der Waals surface area contributed by atoms with Crippen LogP contribution in [0.2, 0.25) is 5.22 Å². The highest BCUT2D eigenvalue weighted by Gasteiger charge is 2.08. The molecule has 0 aromatic carbocycles. The largest absolute Gasteiger partial charge is 0.440 e. The highest BCUT2D eigenvalue weighted by atomic mass is 35.5. The number of hydrogen-bond donors (Lipinski definition) is 1. The average Bonchev–Trinajstić information content (AvgIpc) is 2.74. The van der Waals surface area contributed by atoms with Gasteiger partial charge in [0.15, 0.2) is 11.0 Å². The molecule has 0 saturated heterocycles. The first-order valence-electron chi connectivity index (χ1n) is 5.76. The fourth-order valence-electron chi connectivity index (χ4n) is 1.45. The molecule has 1 aromatic heterocycles. The number of carbonyl (C=O) groups is 1. The van der Waals surface area contributed by atoms with Gasteiger partial charge in [-0.25, -0.2) is 0 Å². The van der Waals surface area contributed by atoms with Gasteiger partial charge in [0.05, 0.1) is 0 Å². The minimum atomic E-state index is -0.194. The number of hydrogen-bond acceptors (Lipinski definition) is 3. The number of furan rings is 1. The zero-order chi connectivity index (χ0) is 12.5. The molecule has 1 rings (SSSR count). The monoisotopic (exact) mass is 275 g/mol. The van der Waals surface area contributed by atoms with E-state index in [1.54, 1.807) is 12.1 Å². The molecule has 0 atom stereocenters. The van der Waals surface area contributed by atoms with Crippen molar-refractivity contribution in [2.45, 2.75) is 25.7 Å². The Hall–Kier alpha value is -0.610. The van der Waals surface area contributed by atoms with Crippen LogP contribution >= 0.6 is 23.4 Å². The van der Waals surface area contributed by atoms with E-state index < -0.39 is 0 Å². The van der Waals surface area contributed by atoms with Crippen LogP contribution in [-0.4, -0.2) is 24.5 Å². The van der Waals surface area contributed by atoms with Crippen molar-refractivity contribution in [3.8, 4) is 0 Å². The lowest BCUT2D eigenvalue weighted by Crippen LogP contribution is -2.23. The van der Waals surface area contributed by atoms with Crippen molar-refractivity contribution in [3.63, 3.8) is 0 Å². The first-order chi connectivity index (χ1) is 8.24. The summed E-state index contributed by atoms with van der Waals surface area (Å²) in [5.74, 6) is 1.30. The van der Waals surface area contributed by atoms with Crippen molar-refractivity contribution in [2.75, 3.05) is 18.6 Å². The minimum absolute atomic E-state index is 0.194. The molecule has 0 aliphatic rings. The second-order valence-corrected chi connectivity index (χ2v) is 5.12. The first-order valence-corrected chi connectivity index (χ1v) is 7.53. The smallest absolute Gasteiger partial charge is 0.287 e. The average molecular weight is 276 g/mol. The van der Waals surface area contributed by atoms with Crippen LogP contribution in [0.5, 0.6) is 0 Å².